The lowest BCUT2D eigenvalue weighted by Crippen LogP contribution is -2.37. The number of amides is 1. The van der Waals surface area contributed by atoms with Gasteiger partial charge >= 0.3 is 0 Å². The highest BCUT2D eigenvalue weighted by atomic mass is 19.2. The van der Waals surface area contributed by atoms with Crippen LogP contribution in [0.2, 0.25) is 0 Å². The van der Waals surface area contributed by atoms with Crippen molar-refractivity contribution in [2.75, 3.05) is 18.0 Å². The Morgan fingerprint density at radius 3 is 2.68 bits per heavy atom. The van der Waals surface area contributed by atoms with Gasteiger partial charge in [-0.15, -0.1) is 0 Å². The van der Waals surface area contributed by atoms with Crippen LogP contribution in [0, 0.1) is 28.4 Å². The van der Waals surface area contributed by atoms with Gasteiger partial charge in [0.05, 0.1) is 16.7 Å². The molecule has 0 aliphatic carbocycles. The van der Waals surface area contributed by atoms with Crippen molar-refractivity contribution in [2.45, 2.75) is 13.3 Å². The summed E-state index contributed by atoms with van der Waals surface area (Å²) in [5, 5.41) is 8.62. The summed E-state index contributed by atoms with van der Waals surface area (Å²) < 4.78 is 27.4. The Labute approximate surface area is 109 Å². The Morgan fingerprint density at radius 2 is 2.16 bits per heavy atom. The topological polar surface area (TPSA) is 70.1 Å². The molecule has 1 aliphatic rings. The smallest absolute Gasteiger partial charge is 0.225 e. The van der Waals surface area contributed by atoms with Crippen molar-refractivity contribution in [3.8, 4) is 6.07 Å². The molecule has 1 amide bonds. The molecule has 1 fully saturated rings. The predicted octanol–water partition coefficient (Wildman–Crippen LogP) is 1.54. The lowest BCUT2D eigenvalue weighted by atomic mass is 9.89. The van der Waals surface area contributed by atoms with Crippen molar-refractivity contribution in [3.05, 3.63) is 29.3 Å². The van der Waals surface area contributed by atoms with Crippen molar-refractivity contribution < 1.29 is 13.6 Å². The summed E-state index contributed by atoms with van der Waals surface area (Å²) in [6, 6.07) is 4.16. The third-order valence-corrected chi connectivity index (χ3v) is 3.59. The molecule has 2 N–H and O–H groups in total. The number of carbonyl (C=O) groups is 1. The average molecular weight is 265 g/mol. The molecule has 0 radical (unpaired) electrons. The van der Waals surface area contributed by atoms with Crippen molar-refractivity contribution in [1.29, 1.82) is 5.26 Å². The molecule has 1 saturated heterocycles. The highest BCUT2D eigenvalue weighted by molar-refractivity contribution is 5.82. The van der Waals surface area contributed by atoms with Gasteiger partial charge in [-0.2, -0.15) is 5.26 Å². The number of primary amides is 1. The third kappa shape index (κ3) is 2.12. The van der Waals surface area contributed by atoms with Gasteiger partial charge in [0.15, 0.2) is 11.6 Å². The van der Waals surface area contributed by atoms with Gasteiger partial charge in [0.2, 0.25) is 5.91 Å². The fourth-order valence-corrected chi connectivity index (χ4v) is 2.24. The molecule has 1 heterocycles. The molecule has 0 saturated carbocycles. The monoisotopic (exact) mass is 265 g/mol. The van der Waals surface area contributed by atoms with Gasteiger partial charge in [0.25, 0.3) is 0 Å². The second kappa shape index (κ2) is 4.50. The van der Waals surface area contributed by atoms with E-state index in [1.54, 1.807) is 17.9 Å². The zero-order chi connectivity index (χ0) is 14.2. The average Bonchev–Trinajstić information content (AvgIpc) is 2.76. The molecule has 1 aromatic carbocycles. The molecule has 1 atom stereocenters. The number of carbonyl (C=O) groups excluding carboxylic acids is 1. The first-order chi connectivity index (χ1) is 8.89. The van der Waals surface area contributed by atoms with Gasteiger partial charge in [0.1, 0.15) is 6.07 Å². The quantitative estimate of drug-likeness (QED) is 0.881. The van der Waals surface area contributed by atoms with Gasteiger partial charge in [-0.3, -0.25) is 4.79 Å². The second-order valence-corrected chi connectivity index (χ2v) is 4.97. The van der Waals surface area contributed by atoms with Crippen LogP contribution in [-0.4, -0.2) is 19.0 Å². The minimum absolute atomic E-state index is 0.0569. The van der Waals surface area contributed by atoms with Crippen LogP contribution in [0.1, 0.15) is 18.9 Å². The Bertz CT molecular complexity index is 582. The first-order valence-electron chi connectivity index (χ1n) is 5.82. The van der Waals surface area contributed by atoms with Crippen LogP contribution < -0.4 is 10.6 Å². The normalized spacial score (nSPS) is 22.3. The molecule has 0 spiro atoms. The zero-order valence-electron chi connectivity index (χ0n) is 10.4. The summed E-state index contributed by atoms with van der Waals surface area (Å²) in [5.41, 5.74) is 4.29. The van der Waals surface area contributed by atoms with E-state index >= 15 is 0 Å². The van der Waals surface area contributed by atoms with Gasteiger partial charge in [-0.1, -0.05) is 0 Å². The van der Waals surface area contributed by atoms with E-state index in [0.29, 0.717) is 13.0 Å². The maximum absolute atomic E-state index is 13.9. The molecule has 1 aromatic rings. The molecule has 6 heteroatoms. The molecule has 19 heavy (non-hydrogen) atoms. The summed E-state index contributed by atoms with van der Waals surface area (Å²) in [6.45, 7) is 2.36. The highest BCUT2D eigenvalue weighted by Gasteiger charge is 2.39. The first kappa shape index (κ1) is 13.3. The predicted molar refractivity (Wildman–Crippen MR) is 65.2 cm³/mol. The highest BCUT2D eigenvalue weighted by Crippen LogP contribution is 2.35. The molecule has 0 bridgehead atoms. The van der Waals surface area contributed by atoms with Crippen LogP contribution >= 0.6 is 0 Å². The van der Waals surface area contributed by atoms with Crippen LogP contribution in [-0.2, 0) is 4.79 Å². The van der Waals surface area contributed by atoms with E-state index in [-0.39, 0.29) is 17.8 Å². The van der Waals surface area contributed by atoms with Crippen LogP contribution in [0.15, 0.2) is 12.1 Å². The Morgan fingerprint density at radius 1 is 1.47 bits per heavy atom. The number of nitrogens with two attached hydrogens (primary N) is 1. The van der Waals surface area contributed by atoms with Crippen molar-refractivity contribution in [1.82, 2.24) is 0 Å². The van der Waals surface area contributed by atoms with E-state index in [9.17, 15) is 13.6 Å². The number of nitriles is 1. The van der Waals surface area contributed by atoms with Crippen molar-refractivity contribution >= 4 is 11.6 Å². The summed E-state index contributed by atoms with van der Waals surface area (Å²) >= 11 is 0. The minimum atomic E-state index is -1.16. The maximum atomic E-state index is 13.9. The van der Waals surface area contributed by atoms with Gasteiger partial charge in [-0.25, -0.2) is 8.78 Å². The molecule has 1 aliphatic heterocycles. The molecule has 2 rings (SSSR count). The number of nitrogens with zero attached hydrogens (tertiary/aromatic N) is 2. The summed E-state index contributed by atoms with van der Waals surface area (Å²) in [6.07, 6.45) is 0.489. The van der Waals surface area contributed by atoms with E-state index in [2.05, 4.69) is 0 Å². The second-order valence-electron chi connectivity index (χ2n) is 4.97. The summed E-state index contributed by atoms with van der Waals surface area (Å²) in [4.78, 5) is 12.9. The number of anilines is 1. The SMILES string of the molecule is CC1(C(N)=O)CCN(c2ccc(C#N)c(F)c2F)C1. The fraction of sp³-hybridized carbons (Fsp3) is 0.385. The summed E-state index contributed by atoms with van der Waals surface area (Å²) in [7, 11) is 0. The van der Waals surface area contributed by atoms with E-state index in [1.165, 1.54) is 12.1 Å². The van der Waals surface area contributed by atoms with Gasteiger partial charge in [-0.05, 0) is 25.5 Å². The van der Waals surface area contributed by atoms with E-state index in [1.807, 2.05) is 0 Å². The number of benzene rings is 1. The van der Waals surface area contributed by atoms with Crippen LogP contribution in [0.25, 0.3) is 0 Å². The maximum Gasteiger partial charge on any atom is 0.225 e. The van der Waals surface area contributed by atoms with Gasteiger partial charge < -0.3 is 10.6 Å². The minimum Gasteiger partial charge on any atom is -0.369 e. The van der Waals surface area contributed by atoms with E-state index in [0.717, 1.165) is 0 Å². The Hall–Kier alpha value is -2.16. The number of rotatable bonds is 2. The number of hydrogen-bond donors (Lipinski definition) is 1. The molecule has 0 aromatic heterocycles. The molecular weight excluding hydrogens is 252 g/mol. The molecule has 1 unspecified atom stereocenters. The van der Waals surface area contributed by atoms with E-state index < -0.39 is 23.0 Å². The first-order valence-corrected chi connectivity index (χ1v) is 5.82. The largest absolute Gasteiger partial charge is 0.369 e. The molecular formula is C13H13F2N3O. The number of hydrogen-bond acceptors (Lipinski definition) is 3. The lowest BCUT2D eigenvalue weighted by Gasteiger charge is -2.23. The van der Waals surface area contributed by atoms with Crippen LogP contribution in [0.4, 0.5) is 14.5 Å². The van der Waals surface area contributed by atoms with E-state index in [4.69, 9.17) is 11.0 Å². The molecule has 4 nitrogen and oxygen atoms in total. The van der Waals surface area contributed by atoms with Crippen molar-refractivity contribution in [3.63, 3.8) is 0 Å². The fourth-order valence-electron chi connectivity index (χ4n) is 2.24. The standard InChI is InChI=1S/C13H13F2N3O/c1-13(12(17)19)4-5-18(7-13)9-3-2-8(6-16)10(14)11(9)15/h2-3H,4-5,7H2,1H3,(H2,17,19). The third-order valence-electron chi connectivity index (χ3n) is 3.59. The van der Waals surface area contributed by atoms with Crippen LogP contribution in [0.3, 0.4) is 0 Å². The van der Waals surface area contributed by atoms with Gasteiger partial charge in [0, 0.05) is 13.1 Å². The number of halogens is 2. The summed E-state index contributed by atoms with van der Waals surface area (Å²) in [5.74, 6) is -2.68. The Balaban J connectivity index is 2.34. The molecule has 100 valence electrons. The van der Waals surface area contributed by atoms with Crippen molar-refractivity contribution in [2.24, 2.45) is 11.1 Å². The lowest BCUT2D eigenvalue weighted by molar-refractivity contribution is -0.125. The zero-order valence-corrected chi connectivity index (χ0v) is 10.4. The van der Waals surface area contributed by atoms with Crippen LogP contribution in [0.5, 0.6) is 0 Å². The Kier molecular flexibility index (Phi) is 3.14.